The van der Waals surface area contributed by atoms with Gasteiger partial charge in [0, 0.05) is 23.8 Å². The summed E-state index contributed by atoms with van der Waals surface area (Å²) >= 11 is 3.29. The van der Waals surface area contributed by atoms with Crippen LogP contribution in [-0.4, -0.2) is 26.5 Å². The molecule has 0 aliphatic heterocycles. The maximum absolute atomic E-state index is 12.6. The first-order chi connectivity index (χ1) is 9.97. The minimum Gasteiger partial charge on any atom is -0.369 e. The second-order valence-corrected chi connectivity index (χ2v) is 8.64. The van der Waals surface area contributed by atoms with Crippen LogP contribution in [0.5, 0.6) is 0 Å². The lowest BCUT2D eigenvalue weighted by atomic mass is 10.0. The summed E-state index contributed by atoms with van der Waals surface area (Å²) in [7, 11) is -3.54. The largest absolute Gasteiger partial charge is 0.369 e. The number of sulfonamides is 1. The van der Waals surface area contributed by atoms with Gasteiger partial charge in [-0.2, -0.15) is 0 Å². The van der Waals surface area contributed by atoms with Gasteiger partial charge in [-0.1, -0.05) is 0 Å². The molecule has 0 radical (unpaired) electrons. The second-order valence-electron chi connectivity index (χ2n) is 5.99. The fourth-order valence-electron chi connectivity index (χ4n) is 2.83. The summed E-state index contributed by atoms with van der Waals surface area (Å²) in [5, 5.41) is 3.01. The number of hydrogen-bond acceptors (Lipinski definition) is 4. The lowest BCUT2D eigenvalue weighted by Gasteiger charge is -2.16. The maximum atomic E-state index is 12.6. The lowest BCUT2D eigenvalue weighted by Crippen LogP contribution is -2.32. The van der Waals surface area contributed by atoms with Crippen molar-refractivity contribution in [3.8, 4) is 0 Å². The summed E-state index contributed by atoms with van der Waals surface area (Å²) in [6.07, 6.45) is 6.41. The van der Waals surface area contributed by atoms with Crippen LogP contribution in [0.4, 0.5) is 5.82 Å². The van der Waals surface area contributed by atoms with Gasteiger partial charge in [0.15, 0.2) is 0 Å². The van der Waals surface area contributed by atoms with E-state index in [1.54, 1.807) is 12.3 Å². The first-order valence-electron chi connectivity index (χ1n) is 7.36. The Labute approximate surface area is 134 Å². The molecule has 116 valence electrons. The van der Waals surface area contributed by atoms with Gasteiger partial charge >= 0.3 is 0 Å². The van der Waals surface area contributed by atoms with E-state index in [2.05, 4.69) is 31.0 Å². The van der Waals surface area contributed by atoms with Gasteiger partial charge in [0.1, 0.15) is 10.7 Å². The molecular formula is C14H20BrN3O2S. The highest BCUT2D eigenvalue weighted by Crippen LogP contribution is 2.60. The molecule has 0 bridgehead atoms. The Morgan fingerprint density at radius 2 is 2.14 bits per heavy atom. The van der Waals surface area contributed by atoms with Crippen molar-refractivity contribution in [1.29, 1.82) is 0 Å². The Hall–Kier alpha value is -0.660. The van der Waals surface area contributed by atoms with Crippen molar-refractivity contribution in [2.45, 2.75) is 37.5 Å². The highest BCUT2D eigenvalue weighted by Gasteiger charge is 2.53. The number of nitrogens with zero attached hydrogens (tertiary/aromatic N) is 1. The fourth-order valence-corrected chi connectivity index (χ4v) is 4.61. The van der Waals surface area contributed by atoms with Gasteiger partial charge in [-0.25, -0.2) is 18.1 Å². The van der Waals surface area contributed by atoms with Crippen LogP contribution in [-0.2, 0) is 10.0 Å². The topological polar surface area (TPSA) is 71.1 Å². The zero-order chi connectivity index (χ0) is 15.1. The SMILES string of the molecule is CCNc1ncc(Br)cc1S(=O)(=O)NCC1(C2CC2)CC1. The van der Waals surface area contributed by atoms with E-state index in [1.165, 1.54) is 12.8 Å². The average Bonchev–Trinajstić information content (AvgIpc) is 3.31. The summed E-state index contributed by atoms with van der Waals surface area (Å²) in [5.41, 5.74) is 0.241. The third-order valence-corrected chi connectivity index (χ3v) is 6.25. The molecule has 5 nitrogen and oxygen atoms in total. The zero-order valence-corrected chi connectivity index (χ0v) is 14.4. The van der Waals surface area contributed by atoms with Crippen LogP contribution in [0.2, 0.25) is 0 Å². The normalized spacial score (nSPS) is 20.3. The molecule has 7 heteroatoms. The summed E-state index contributed by atoms with van der Waals surface area (Å²) in [5.74, 6) is 1.14. The molecule has 2 aliphatic carbocycles. The predicted octanol–water partition coefficient (Wildman–Crippen LogP) is 2.74. The molecule has 2 saturated carbocycles. The number of nitrogens with one attached hydrogen (secondary N) is 2. The molecule has 0 saturated heterocycles. The molecule has 3 rings (SSSR count). The van der Waals surface area contributed by atoms with E-state index in [0.29, 0.717) is 23.4 Å². The van der Waals surface area contributed by atoms with Crippen LogP contribution in [0, 0.1) is 11.3 Å². The molecule has 1 aromatic rings. The Morgan fingerprint density at radius 3 is 2.71 bits per heavy atom. The van der Waals surface area contributed by atoms with Crippen LogP contribution in [0.15, 0.2) is 21.6 Å². The number of rotatable bonds is 7. The molecule has 0 spiro atoms. The van der Waals surface area contributed by atoms with Gasteiger partial charge in [0.05, 0.1) is 0 Å². The Bertz CT molecular complexity index is 640. The smallest absolute Gasteiger partial charge is 0.244 e. The van der Waals surface area contributed by atoms with E-state index >= 15 is 0 Å². The van der Waals surface area contributed by atoms with E-state index < -0.39 is 10.0 Å². The molecule has 0 unspecified atom stereocenters. The van der Waals surface area contributed by atoms with Crippen molar-refractivity contribution >= 4 is 31.8 Å². The Balaban J connectivity index is 1.79. The van der Waals surface area contributed by atoms with Gasteiger partial charge in [0.25, 0.3) is 0 Å². The highest BCUT2D eigenvalue weighted by molar-refractivity contribution is 9.10. The molecular weight excluding hydrogens is 354 g/mol. The Morgan fingerprint density at radius 1 is 1.43 bits per heavy atom. The fraction of sp³-hybridized carbons (Fsp3) is 0.643. The van der Waals surface area contributed by atoms with Crippen molar-refractivity contribution in [3.05, 3.63) is 16.7 Å². The quantitative estimate of drug-likeness (QED) is 0.770. The summed E-state index contributed by atoms with van der Waals surface area (Å²) in [6, 6.07) is 1.60. The molecule has 0 aromatic carbocycles. The summed E-state index contributed by atoms with van der Waals surface area (Å²) < 4.78 is 28.6. The van der Waals surface area contributed by atoms with Gasteiger partial charge in [0.2, 0.25) is 10.0 Å². The second kappa shape index (κ2) is 5.52. The van der Waals surface area contributed by atoms with Crippen LogP contribution in [0.3, 0.4) is 0 Å². The van der Waals surface area contributed by atoms with Crippen molar-refractivity contribution in [3.63, 3.8) is 0 Å². The average molecular weight is 374 g/mol. The minimum atomic E-state index is -3.54. The van der Waals surface area contributed by atoms with Crippen molar-refractivity contribution in [2.24, 2.45) is 11.3 Å². The first kappa shape index (κ1) is 15.2. The van der Waals surface area contributed by atoms with E-state index in [-0.39, 0.29) is 10.3 Å². The summed E-state index contributed by atoms with van der Waals surface area (Å²) in [4.78, 5) is 4.38. The maximum Gasteiger partial charge on any atom is 0.244 e. The molecule has 1 aromatic heterocycles. The number of hydrogen-bond donors (Lipinski definition) is 2. The van der Waals surface area contributed by atoms with Gasteiger partial charge in [-0.3, -0.25) is 0 Å². The monoisotopic (exact) mass is 373 g/mol. The molecule has 0 amide bonds. The zero-order valence-electron chi connectivity index (χ0n) is 12.0. The molecule has 2 N–H and O–H groups in total. The van der Waals surface area contributed by atoms with Gasteiger partial charge in [-0.15, -0.1) is 0 Å². The number of anilines is 1. The number of pyridine rings is 1. The first-order valence-corrected chi connectivity index (χ1v) is 9.63. The van der Waals surface area contributed by atoms with Gasteiger partial charge in [-0.05, 0) is 65.9 Å². The van der Waals surface area contributed by atoms with Crippen molar-refractivity contribution in [1.82, 2.24) is 9.71 Å². The molecule has 2 aliphatic rings. The van der Waals surface area contributed by atoms with E-state index in [9.17, 15) is 8.42 Å². The van der Waals surface area contributed by atoms with Crippen LogP contribution in [0.25, 0.3) is 0 Å². The lowest BCUT2D eigenvalue weighted by molar-refractivity contribution is 0.432. The highest BCUT2D eigenvalue weighted by atomic mass is 79.9. The van der Waals surface area contributed by atoms with E-state index in [4.69, 9.17) is 0 Å². The standard InChI is InChI=1S/C14H20BrN3O2S/c1-2-16-13-12(7-11(15)8-17-13)21(19,20)18-9-14(5-6-14)10-3-4-10/h7-8,10,18H,2-6,9H2,1H3,(H,16,17). The van der Waals surface area contributed by atoms with Crippen LogP contribution < -0.4 is 10.0 Å². The molecule has 2 fully saturated rings. The van der Waals surface area contributed by atoms with Crippen molar-refractivity contribution < 1.29 is 8.42 Å². The van der Waals surface area contributed by atoms with Crippen molar-refractivity contribution in [2.75, 3.05) is 18.4 Å². The number of aromatic nitrogens is 1. The van der Waals surface area contributed by atoms with E-state index in [1.807, 2.05) is 6.92 Å². The summed E-state index contributed by atoms with van der Waals surface area (Å²) in [6.45, 7) is 3.10. The van der Waals surface area contributed by atoms with Gasteiger partial charge < -0.3 is 5.32 Å². The van der Waals surface area contributed by atoms with E-state index in [0.717, 1.165) is 18.8 Å². The van der Waals surface area contributed by atoms with Crippen LogP contribution in [0.1, 0.15) is 32.6 Å². The molecule has 0 atom stereocenters. The third-order valence-electron chi connectivity index (χ3n) is 4.40. The van der Waals surface area contributed by atoms with Crippen LogP contribution >= 0.6 is 15.9 Å². The minimum absolute atomic E-state index is 0.213. The molecule has 21 heavy (non-hydrogen) atoms. The Kier molecular flexibility index (Phi) is 4.00. The predicted molar refractivity (Wildman–Crippen MR) is 85.7 cm³/mol. The number of halogens is 1. The third kappa shape index (κ3) is 3.24. The molecule has 1 heterocycles.